The van der Waals surface area contributed by atoms with E-state index in [2.05, 4.69) is 4.97 Å². The monoisotopic (exact) mass is 296 g/mol. The third kappa shape index (κ3) is 3.29. The fourth-order valence-electron chi connectivity index (χ4n) is 0.606. The van der Waals surface area contributed by atoms with Gasteiger partial charge >= 0.3 is 51.4 Å². The van der Waals surface area contributed by atoms with Gasteiger partial charge in [-0.1, -0.05) is 0 Å². The Morgan fingerprint density at radius 2 is 1.75 bits per heavy atom. The van der Waals surface area contributed by atoms with Crippen molar-refractivity contribution in [1.29, 1.82) is 0 Å². The van der Waals surface area contributed by atoms with E-state index in [9.17, 15) is 0 Å². The fraction of sp³-hybridized carbons (Fsp3) is 1.00. The molecule has 0 bridgehead atoms. The largest absolute Gasteiger partial charge is 1.00 e. The van der Waals surface area contributed by atoms with Gasteiger partial charge in [0, 0.05) is 0 Å². The first-order valence-corrected chi connectivity index (χ1v) is 8.19. The second-order valence-corrected chi connectivity index (χ2v) is 8.59. The first-order valence-electron chi connectivity index (χ1n) is 2.56. The summed E-state index contributed by atoms with van der Waals surface area (Å²) >= 11 is -0.473. The van der Waals surface area contributed by atoms with Crippen molar-refractivity contribution in [3.8, 4) is 0 Å². The fourth-order valence-corrected chi connectivity index (χ4v) is 3.49. The van der Waals surface area contributed by atoms with E-state index in [1.165, 1.54) is 8.94 Å². The van der Waals surface area contributed by atoms with Crippen LogP contribution in [-0.2, 0) is 4.74 Å². The normalized spacial score (nSPS) is 22.1. The van der Waals surface area contributed by atoms with Gasteiger partial charge in [0.2, 0.25) is 0 Å². The molecule has 1 aliphatic heterocycles. The molecule has 1 fully saturated rings. The number of rotatable bonds is 0. The number of hydrogen-bond donors (Lipinski definition) is 0. The zero-order valence-corrected chi connectivity index (χ0v) is 8.94. The van der Waals surface area contributed by atoms with E-state index >= 15 is 0 Å². The SMILES string of the molecule is C[Te+]1CCOCC1.[Br-]. The van der Waals surface area contributed by atoms with E-state index < -0.39 is 19.6 Å². The van der Waals surface area contributed by atoms with E-state index in [0.717, 1.165) is 13.2 Å². The zero-order valence-electron chi connectivity index (χ0n) is 5.02. The molecule has 0 spiro atoms. The van der Waals surface area contributed by atoms with Gasteiger partial charge in [0.15, 0.2) is 0 Å². The average Bonchev–Trinajstić information content (AvgIpc) is 1.69. The molecule has 1 rings (SSSR count). The van der Waals surface area contributed by atoms with Crippen LogP contribution in [0.3, 0.4) is 0 Å². The first-order chi connectivity index (χ1) is 3.39. The molecule has 0 amide bonds. The molecule has 0 aliphatic carbocycles. The maximum absolute atomic E-state index is 5.18. The molecule has 0 aromatic rings. The van der Waals surface area contributed by atoms with Crippen molar-refractivity contribution in [1.82, 2.24) is 0 Å². The molecule has 0 aromatic carbocycles. The maximum Gasteiger partial charge on any atom is -1.00 e. The molecular formula is C5H11BrOTe. The van der Waals surface area contributed by atoms with Crippen LogP contribution in [0.5, 0.6) is 0 Å². The predicted octanol–water partition coefficient (Wildman–Crippen LogP) is -1.85. The second kappa shape index (κ2) is 5.05. The molecule has 1 aliphatic rings. The Morgan fingerprint density at radius 1 is 1.25 bits per heavy atom. The molecule has 8 heavy (non-hydrogen) atoms. The molecule has 0 atom stereocenters. The molecule has 1 heterocycles. The zero-order chi connectivity index (χ0) is 5.11. The van der Waals surface area contributed by atoms with Gasteiger partial charge in [0.1, 0.15) is 0 Å². The quantitative estimate of drug-likeness (QED) is 0.477. The molecule has 0 aromatic heterocycles. The molecule has 3 heteroatoms. The van der Waals surface area contributed by atoms with Gasteiger partial charge in [0.05, 0.1) is 0 Å². The van der Waals surface area contributed by atoms with Gasteiger partial charge in [-0.25, -0.2) is 0 Å². The summed E-state index contributed by atoms with van der Waals surface area (Å²) in [6.45, 7) is 2.13. The Bertz CT molecular complexity index is 54.4. The van der Waals surface area contributed by atoms with Crippen molar-refractivity contribution in [2.24, 2.45) is 0 Å². The molecule has 1 nitrogen and oxygen atoms in total. The van der Waals surface area contributed by atoms with Crippen LogP contribution >= 0.6 is 0 Å². The molecule has 0 N–H and O–H groups in total. The average molecular weight is 295 g/mol. The van der Waals surface area contributed by atoms with E-state index in [1.807, 2.05) is 0 Å². The van der Waals surface area contributed by atoms with Gasteiger partial charge in [-0.05, 0) is 0 Å². The standard InChI is InChI=1S/C5H11OTe.BrH/c1-7-4-2-6-3-5-7;/h2-5H2,1H3;1H/q+1;/p-1. The summed E-state index contributed by atoms with van der Waals surface area (Å²) in [5, 5.41) is 0. The summed E-state index contributed by atoms with van der Waals surface area (Å²) in [6, 6.07) is 0. The summed E-state index contributed by atoms with van der Waals surface area (Å²) < 4.78 is 8.05. The van der Waals surface area contributed by atoms with Crippen molar-refractivity contribution in [2.45, 2.75) is 13.9 Å². The maximum atomic E-state index is 5.18. The Morgan fingerprint density at radius 3 is 2.00 bits per heavy atom. The van der Waals surface area contributed by atoms with Gasteiger partial charge in [-0.2, -0.15) is 0 Å². The number of hydrogen-bond acceptors (Lipinski definition) is 1. The number of halogens is 1. The third-order valence-corrected chi connectivity index (χ3v) is 6.08. The van der Waals surface area contributed by atoms with Gasteiger partial charge in [-0.15, -0.1) is 0 Å². The van der Waals surface area contributed by atoms with E-state index in [1.54, 1.807) is 0 Å². The predicted molar refractivity (Wildman–Crippen MR) is 32.1 cm³/mol. The van der Waals surface area contributed by atoms with Crippen LogP contribution < -0.4 is 17.0 Å². The second-order valence-electron chi connectivity index (χ2n) is 1.80. The minimum atomic E-state index is -0.473. The molecule has 1 saturated heterocycles. The Hall–Kier alpha value is 1.23. The van der Waals surface area contributed by atoms with Crippen molar-refractivity contribution in [2.75, 3.05) is 13.2 Å². The van der Waals surface area contributed by atoms with Crippen LogP contribution in [0, 0.1) is 0 Å². The van der Waals surface area contributed by atoms with Crippen LogP contribution in [0.4, 0.5) is 0 Å². The molecule has 0 radical (unpaired) electrons. The molecular weight excluding hydrogens is 284 g/mol. The first kappa shape index (κ1) is 9.23. The van der Waals surface area contributed by atoms with E-state index in [4.69, 9.17) is 4.74 Å². The Kier molecular flexibility index (Phi) is 5.83. The van der Waals surface area contributed by atoms with Crippen LogP contribution in [0.1, 0.15) is 0 Å². The Balaban J connectivity index is 0.000000490. The van der Waals surface area contributed by atoms with Crippen LogP contribution in [0.15, 0.2) is 0 Å². The third-order valence-electron chi connectivity index (χ3n) is 1.15. The van der Waals surface area contributed by atoms with Crippen molar-refractivity contribution in [3.05, 3.63) is 0 Å². The summed E-state index contributed by atoms with van der Waals surface area (Å²) in [5.41, 5.74) is 0. The summed E-state index contributed by atoms with van der Waals surface area (Å²) in [5.74, 6) is 0. The molecule has 0 saturated carbocycles. The minimum Gasteiger partial charge on any atom is -1.00 e. The summed E-state index contributed by atoms with van der Waals surface area (Å²) in [6.07, 6.45) is 0. The summed E-state index contributed by atoms with van der Waals surface area (Å²) in [4.78, 5) is 2.45. The van der Waals surface area contributed by atoms with E-state index in [-0.39, 0.29) is 17.0 Å². The van der Waals surface area contributed by atoms with Crippen LogP contribution in [-0.4, -0.2) is 32.8 Å². The van der Waals surface area contributed by atoms with Gasteiger partial charge in [-0.3, -0.25) is 0 Å². The number of ether oxygens (including phenoxy) is 1. The minimum absolute atomic E-state index is 0. The van der Waals surface area contributed by atoms with Crippen LogP contribution in [0.2, 0.25) is 13.9 Å². The van der Waals surface area contributed by atoms with Crippen molar-refractivity contribution >= 4 is 19.6 Å². The van der Waals surface area contributed by atoms with Crippen molar-refractivity contribution < 1.29 is 21.7 Å². The van der Waals surface area contributed by atoms with Gasteiger partial charge < -0.3 is 17.0 Å². The van der Waals surface area contributed by atoms with Crippen LogP contribution in [0.25, 0.3) is 0 Å². The molecule has 50 valence electrons. The van der Waals surface area contributed by atoms with Crippen molar-refractivity contribution in [3.63, 3.8) is 0 Å². The topological polar surface area (TPSA) is 9.23 Å². The molecule has 0 unspecified atom stereocenters. The summed E-state index contributed by atoms with van der Waals surface area (Å²) in [7, 11) is 0. The smallest absolute Gasteiger partial charge is 1.00 e. The van der Waals surface area contributed by atoms with Gasteiger partial charge in [0.25, 0.3) is 0 Å². The van der Waals surface area contributed by atoms with E-state index in [0.29, 0.717) is 0 Å². The Labute approximate surface area is 68.2 Å².